The molecule has 1 saturated heterocycles. The van der Waals surface area contributed by atoms with Crippen LogP contribution in [0.25, 0.3) is 0 Å². The molecule has 2 aromatic carbocycles. The van der Waals surface area contributed by atoms with E-state index in [1.54, 1.807) is 20.8 Å². The molecule has 0 radical (unpaired) electrons. The van der Waals surface area contributed by atoms with Crippen LogP contribution in [0.15, 0.2) is 41.3 Å². The van der Waals surface area contributed by atoms with Gasteiger partial charge >= 0.3 is 0 Å². The first-order valence-corrected chi connectivity index (χ1v) is 13.7. The highest BCUT2D eigenvalue weighted by Crippen LogP contribution is 2.46. The second-order valence-electron chi connectivity index (χ2n) is 10.4. The minimum atomic E-state index is -4.14. The van der Waals surface area contributed by atoms with Gasteiger partial charge in [0.05, 0.1) is 10.6 Å². The van der Waals surface area contributed by atoms with Crippen molar-refractivity contribution in [1.82, 2.24) is 0 Å². The first-order valence-electron chi connectivity index (χ1n) is 11.8. The lowest BCUT2D eigenvalue weighted by Crippen LogP contribution is -2.49. The maximum atomic E-state index is 15.8. The monoisotopic (exact) mass is 525 g/mol. The van der Waals surface area contributed by atoms with Crippen LogP contribution in [0.4, 0.5) is 14.5 Å². The molecule has 0 unspecified atom stereocenters. The fourth-order valence-electron chi connectivity index (χ4n) is 4.77. The Morgan fingerprint density at radius 1 is 1.06 bits per heavy atom. The highest BCUT2D eigenvalue weighted by Gasteiger charge is 2.49. The number of benzene rings is 2. The number of anilines is 1. The molecule has 1 aliphatic carbocycles. The highest BCUT2D eigenvalue weighted by atomic mass is 35.5. The summed E-state index contributed by atoms with van der Waals surface area (Å²) in [4.78, 5) is 14.5. The molecule has 1 amide bonds. The van der Waals surface area contributed by atoms with Gasteiger partial charge in [-0.2, -0.15) is 0 Å². The maximum absolute atomic E-state index is 15.8. The fraction of sp³-hybridized carbons (Fsp3) is 0.500. The Hall–Kier alpha value is -2.03. The van der Waals surface area contributed by atoms with E-state index in [0.717, 1.165) is 18.6 Å². The number of hydrogen-bond acceptors (Lipinski definition) is 4. The number of halogens is 3. The van der Waals surface area contributed by atoms with Gasteiger partial charge in [-0.3, -0.25) is 4.79 Å². The first-order chi connectivity index (χ1) is 16.4. The van der Waals surface area contributed by atoms with Gasteiger partial charge in [-0.25, -0.2) is 17.2 Å². The normalized spacial score (nSPS) is 18.7. The third kappa shape index (κ3) is 4.60. The average molecular weight is 526 g/mol. The Kier molecular flexibility index (Phi) is 7.03. The summed E-state index contributed by atoms with van der Waals surface area (Å²) < 4.78 is 63.0. The predicted molar refractivity (Wildman–Crippen MR) is 131 cm³/mol. The minimum Gasteiger partial charge on any atom is -0.381 e. The molecule has 2 aromatic rings. The first kappa shape index (κ1) is 26.0. The Morgan fingerprint density at radius 3 is 2.17 bits per heavy atom. The number of amides is 1. The topological polar surface area (TPSA) is 63.7 Å². The van der Waals surface area contributed by atoms with Crippen LogP contribution in [-0.4, -0.2) is 33.6 Å². The van der Waals surface area contributed by atoms with Crippen LogP contribution >= 0.6 is 11.6 Å². The van der Waals surface area contributed by atoms with Gasteiger partial charge in [-0.1, -0.05) is 32.4 Å². The van der Waals surface area contributed by atoms with Crippen molar-refractivity contribution in [3.63, 3.8) is 0 Å². The minimum absolute atomic E-state index is 0.0216. The molecular weight excluding hydrogens is 496 g/mol. The van der Waals surface area contributed by atoms with Gasteiger partial charge in [0.2, 0.25) is 5.91 Å². The quantitative estimate of drug-likeness (QED) is 0.478. The number of carbonyl (C=O) groups excluding carboxylic acids is 1. The molecule has 1 heterocycles. The van der Waals surface area contributed by atoms with Gasteiger partial charge in [0, 0.05) is 41.3 Å². The lowest BCUT2D eigenvalue weighted by molar-refractivity contribution is -0.126. The van der Waals surface area contributed by atoms with Crippen LogP contribution in [0.1, 0.15) is 58.4 Å². The molecule has 0 atom stereocenters. The Morgan fingerprint density at radius 2 is 1.66 bits per heavy atom. The third-order valence-electron chi connectivity index (χ3n) is 7.03. The molecule has 1 saturated carbocycles. The van der Waals surface area contributed by atoms with Gasteiger partial charge in [0.1, 0.15) is 16.4 Å². The summed E-state index contributed by atoms with van der Waals surface area (Å²) in [6, 6.07) is 7.39. The summed E-state index contributed by atoms with van der Waals surface area (Å²) >= 11 is 5.94. The van der Waals surface area contributed by atoms with Gasteiger partial charge in [0.15, 0.2) is 9.84 Å². The van der Waals surface area contributed by atoms with Crippen molar-refractivity contribution >= 4 is 33.0 Å². The van der Waals surface area contributed by atoms with Crippen LogP contribution in [0.5, 0.6) is 0 Å². The van der Waals surface area contributed by atoms with Crippen molar-refractivity contribution in [2.45, 2.75) is 68.6 Å². The number of nitrogens with zero attached hydrogens (tertiary/aromatic N) is 1. The van der Waals surface area contributed by atoms with Crippen LogP contribution < -0.4 is 4.90 Å². The van der Waals surface area contributed by atoms with Crippen molar-refractivity contribution in [2.24, 2.45) is 5.41 Å². The molecule has 2 fully saturated rings. The lowest BCUT2D eigenvalue weighted by atomic mass is 9.86. The largest absolute Gasteiger partial charge is 0.381 e. The Bertz CT molecular complexity index is 1220. The molecule has 4 rings (SSSR count). The summed E-state index contributed by atoms with van der Waals surface area (Å²) in [7, 11) is -4.14. The van der Waals surface area contributed by atoms with Gasteiger partial charge in [-0.05, 0) is 62.4 Å². The second kappa shape index (κ2) is 9.45. The van der Waals surface area contributed by atoms with Crippen molar-refractivity contribution < 1.29 is 26.7 Å². The SMILES string of the molecule is CC(C)(C)C(=O)N(c1cc(F)c(C2(S(=O)(=O)c3ccc(Cl)cc3)CCOCC2)cc1F)C1CCC1. The number of sulfone groups is 1. The van der Waals surface area contributed by atoms with E-state index in [4.69, 9.17) is 16.3 Å². The highest BCUT2D eigenvalue weighted by molar-refractivity contribution is 7.92. The van der Waals surface area contributed by atoms with Crippen LogP contribution in [0.2, 0.25) is 5.02 Å². The van der Waals surface area contributed by atoms with E-state index in [-0.39, 0.29) is 54.2 Å². The molecule has 190 valence electrons. The van der Waals surface area contributed by atoms with Gasteiger partial charge in [0.25, 0.3) is 0 Å². The third-order valence-corrected chi connectivity index (χ3v) is 9.83. The second-order valence-corrected chi connectivity index (χ2v) is 13.1. The average Bonchev–Trinajstić information content (AvgIpc) is 2.77. The van der Waals surface area contributed by atoms with Crippen LogP contribution in [0.3, 0.4) is 0 Å². The number of carbonyl (C=O) groups is 1. The van der Waals surface area contributed by atoms with Crippen LogP contribution in [-0.2, 0) is 24.1 Å². The van der Waals surface area contributed by atoms with E-state index < -0.39 is 31.6 Å². The summed E-state index contributed by atoms with van der Waals surface area (Å²) in [5.74, 6) is -1.97. The number of ether oxygens (including phenoxy) is 1. The Labute approximate surface area is 210 Å². The van der Waals surface area contributed by atoms with Gasteiger partial charge < -0.3 is 9.64 Å². The molecule has 5 nitrogen and oxygen atoms in total. The van der Waals surface area contributed by atoms with E-state index in [1.165, 1.54) is 29.2 Å². The number of hydrogen-bond donors (Lipinski definition) is 0. The predicted octanol–water partition coefficient (Wildman–Crippen LogP) is 6.03. The summed E-state index contributed by atoms with van der Waals surface area (Å²) in [5, 5.41) is 0.367. The number of rotatable bonds is 5. The fourth-order valence-corrected chi connectivity index (χ4v) is 6.99. The molecule has 35 heavy (non-hydrogen) atoms. The smallest absolute Gasteiger partial charge is 0.232 e. The lowest BCUT2D eigenvalue weighted by Gasteiger charge is -2.41. The standard InChI is InChI=1S/C26H30ClF2NO4S/c1-25(2,3)24(31)30(18-5-4-6-18)23-16-21(28)20(15-22(23)29)26(11-13-34-14-12-26)35(32,33)19-9-7-17(27)8-10-19/h7-10,15-16,18H,4-6,11-14H2,1-3H3. The summed E-state index contributed by atoms with van der Waals surface area (Å²) in [5.41, 5.74) is -1.19. The molecule has 1 aliphatic heterocycles. The van der Waals surface area contributed by atoms with Crippen LogP contribution in [0, 0.1) is 17.0 Å². The summed E-state index contributed by atoms with van der Waals surface area (Å²) in [6.07, 6.45) is 2.26. The molecule has 0 spiro atoms. The zero-order valence-electron chi connectivity index (χ0n) is 20.1. The van der Waals surface area contributed by atoms with Crippen molar-refractivity contribution in [1.29, 1.82) is 0 Å². The van der Waals surface area contributed by atoms with E-state index in [2.05, 4.69) is 0 Å². The summed E-state index contributed by atoms with van der Waals surface area (Å²) in [6.45, 7) is 5.39. The molecule has 0 aromatic heterocycles. The van der Waals surface area contributed by atoms with E-state index in [0.29, 0.717) is 17.9 Å². The van der Waals surface area contributed by atoms with Crippen molar-refractivity contribution in [3.05, 3.63) is 58.6 Å². The molecule has 0 bridgehead atoms. The van der Waals surface area contributed by atoms with Crippen molar-refractivity contribution in [3.8, 4) is 0 Å². The zero-order valence-corrected chi connectivity index (χ0v) is 21.7. The van der Waals surface area contributed by atoms with Gasteiger partial charge in [-0.15, -0.1) is 0 Å². The van der Waals surface area contributed by atoms with E-state index in [1.807, 2.05) is 0 Å². The molecule has 2 aliphatic rings. The van der Waals surface area contributed by atoms with E-state index >= 15 is 8.78 Å². The Balaban J connectivity index is 1.85. The molecule has 0 N–H and O–H groups in total. The molecular formula is C26H30ClF2NO4S. The molecule has 9 heteroatoms. The van der Waals surface area contributed by atoms with Crippen molar-refractivity contribution in [2.75, 3.05) is 18.1 Å². The zero-order chi connectivity index (χ0) is 25.6. The van der Waals surface area contributed by atoms with E-state index in [9.17, 15) is 13.2 Å². The maximum Gasteiger partial charge on any atom is 0.232 e.